The molecule has 2 N–H and O–H groups in total. The number of ether oxygens (including phenoxy) is 1. The fourth-order valence-corrected chi connectivity index (χ4v) is 2.33. The second-order valence-corrected chi connectivity index (χ2v) is 6.26. The number of nitrogens with zero attached hydrogens (tertiary/aromatic N) is 2. The van der Waals surface area contributed by atoms with E-state index < -0.39 is 5.60 Å². The Labute approximate surface area is 120 Å². The summed E-state index contributed by atoms with van der Waals surface area (Å²) in [6, 6.07) is 0. The van der Waals surface area contributed by atoms with E-state index in [1.807, 2.05) is 33.0 Å². The van der Waals surface area contributed by atoms with Crippen molar-refractivity contribution in [2.24, 2.45) is 22.6 Å². The Morgan fingerprint density at radius 2 is 2.15 bits per heavy atom. The minimum atomic E-state index is -0.458. The van der Waals surface area contributed by atoms with Gasteiger partial charge in [-0.1, -0.05) is 12.2 Å². The van der Waals surface area contributed by atoms with Crippen molar-refractivity contribution < 1.29 is 9.53 Å². The molecule has 0 aliphatic carbocycles. The van der Waals surface area contributed by atoms with Crippen LogP contribution in [0.4, 0.5) is 4.79 Å². The summed E-state index contributed by atoms with van der Waals surface area (Å²) < 4.78 is 5.36. The largest absolute Gasteiger partial charge is 0.443 e. The van der Waals surface area contributed by atoms with Crippen molar-refractivity contribution in [3.05, 3.63) is 24.4 Å². The van der Waals surface area contributed by atoms with Crippen molar-refractivity contribution in [2.75, 3.05) is 13.1 Å². The van der Waals surface area contributed by atoms with Gasteiger partial charge in [0.05, 0.1) is 0 Å². The first kappa shape index (κ1) is 14.6. The molecule has 2 aliphatic rings. The summed E-state index contributed by atoms with van der Waals surface area (Å²) in [6.45, 7) is 7.02. The summed E-state index contributed by atoms with van der Waals surface area (Å²) in [5.41, 5.74) is 5.16. The maximum Gasteiger partial charge on any atom is 0.414 e. The number of amides is 1. The lowest BCUT2D eigenvalue weighted by Crippen LogP contribution is -2.37. The molecule has 0 saturated carbocycles. The Bertz CT molecular complexity index is 460. The Morgan fingerprint density at radius 1 is 1.40 bits per heavy atom. The molecule has 0 fully saturated rings. The highest BCUT2D eigenvalue weighted by Crippen LogP contribution is 2.26. The first-order chi connectivity index (χ1) is 9.35. The van der Waals surface area contributed by atoms with Crippen LogP contribution < -0.4 is 5.73 Å². The van der Waals surface area contributed by atoms with Gasteiger partial charge in [0.15, 0.2) is 0 Å². The lowest BCUT2D eigenvalue weighted by Gasteiger charge is -2.31. The molecule has 0 bridgehead atoms. The van der Waals surface area contributed by atoms with Crippen molar-refractivity contribution in [3.8, 4) is 0 Å². The van der Waals surface area contributed by atoms with Crippen LogP contribution in [0.25, 0.3) is 0 Å². The number of amidine groups is 1. The summed E-state index contributed by atoms with van der Waals surface area (Å²) in [5.74, 6) is 1.37. The van der Waals surface area contributed by atoms with E-state index in [1.165, 1.54) is 0 Å². The number of aliphatic imine (C=N–C) groups is 1. The predicted molar refractivity (Wildman–Crippen MR) is 79.3 cm³/mol. The van der Waals surface area contributed by atoms with Gasteiger partial charge in [-0.15, -0.1) is 0 Å². The van der Waals surface area contributed by atoms with E-state index in [-0.39, 0.29) is 6.09 Å². The number of carbonyl (C=O) groups is 1. The quantitative estimate of drug-likeness (QED) is 0.799. The third kappa shape index (κ3) is 3.85. The van der Waals surface area contributed by atoms with E-state index in [0.29, 0.717) is 24.2 Å². The molecule has 0 aromatic heterocycles. The smallest absolute Gasteiger partial charge is 0.414 e. The van der Waals surface area contributed by atoms with Gasteiger partial charge in [0.2, 0.25) is 0 Å². The molecule has 0 saturated heterocycles. The van der Waals surface area contributed by atoms with Crippen LogP contribution in [0.5, 0.6) is 0 Å². The molecule has 5 heteroatoms. The van der Waals surface area contributed by atoms with Gasteiger partial charge in [-0.2, -0.15) is 0 Å². The second-order valence-electron chi connectivity index (χ2n) is 6.26. The van der Waals surface area contributed by atoms with Gasteiger partial charge in [0.1, 0.15) is 11.4 Å². The number of hydrogen-bond donors (Lipinski definition) is 1. The normalized spacial score (nSPS) is 26.4. The number of rotatable bonds is 1. The minimum absolute atomic E-state index is 0.284. The van der Waals surface area contributed by atoms with Gasteiger partial charge in [-0.3, -0.25) is 9.89 Å². The second kappa shape index (κ2) is 5.69. The number of hydrogen-bond acceptors (Lipinski definition) is 4. The van der Waals surface area contributed by atoms with Crippen LogP contribution in [-0.4, -0.2) is 35.5 Å². The summed E-state index contributed by atoms with van der Waals surface area (Å²) in [4.78, 5) is 17.8. The van der Waals surface area contributed by atoms with Crippen LogP contribution in [0.3, 0.4) is 0 Å². The number of allylic oxidation sites excluding steroid dienone is 1. The molecular formula is C15H23N3O2. The van der Waals surface area contributed by atoms with Crippen molar-refractivity contribution >= 4 is 11.9 Å². The van der Waals surface area contributed by atoms with Gasteiger partial charge in [0, 0.05) is 25.2 Å². The molecule has 2 rings (SSSR count). The SMILES string of the molecule is CC(C)(C)OC(=O)N1C=CC(C2C=CC(N)=NC2)CC1. The highest BCUT2D eigenvalue weighted by Gasteiger charge is 2.26. The lowest BCUT2D eigenvalue weighted by atomic mass is 9.86. The van der Waals surface area contributed by atoms with E-state index in [1.54, 1.807) is 4.90 Å². The molecule has 2 unspecified atom stereocenters. The highest BCUT2D eigenvalue weighted by atomic mass is 16.6. The molecule has 0 spiro atoms. The third-order valence-corrected chi connectivity index (χ3v) is 3.39. The third-order valence-electron chi connectivity index (χ3n) is 3.39. The van der Waals surface area contributed by atoms with E-state index in [9.17, 15) is 4.79 Å². The Morgan fingerprint density at radius 3 is 2.65 bits per heavy atom. The topological polar surface area (TPSA) is 67.9 Å². The van der Waals surface area contributed by atoms with Gasteiger partial charge in [-0.25, -0.2) is 4.79 Å². The Kier molecular flexibility index (Phi) is 4.16. The predicted octanol–water partition coefficient (Wildman–Crippen LogP) is 2.30. The van der Waals surface area contributed by atoms with E-state index >= 15 is 0 Å². The van der Waals surface area contributed by atoms with Crippen LogP contribution >= 0.6 is 0 Å². The fraction of sp³-hybridized carbons (Fsp3) is 0.600. The zero-order chi connectivity index (χ0) is 14.8. The van der Waals surface area contributed by atoms with Crippen molar-refractivity contribution in [1.82, 2.24) is 4.90 Å². The van der Waals surface area contributed by atoms with Crippen molar-refractivity contribution in [3.63, 3.8) is 0 Å². The van der Waals surface area contributed by atoms with Gasteiger partial charge in [-0.05, 0) is 39.2 Å². The molecular weight excluding hydrogens is 254 g/mol. The van der Waals surface area contributed by atoms with Crippen molar-refractivity contribution in [2.45, 2.75) is 32.8 Å². The number of nitrogens with two attached hydrogens (primary N) is 1. The van der Waals surface area contributed by atoms with E-state index in [4.69, 9.17) is 10.5 Å². The maximum absolute atomic E-state index is 11.9. The zero-order valence-electron chi connectivity index (χ0n) is 12.4. The first-order valence-corrected chi connectivity index (χ1v) is 7.01. The van der Waals surface area contributed by atoms with Crippen LogP contribution in [0.15, 0.2) is 29.4 Å². The number of carbonyl (C=O) groups excluding carboxylic acids is 1. The summed E-state index contributed by atoms with van der Waals surface area (Å²) in [7, 11) is 0. The Balaban J connectivity index is 1.91. The molecule has 110 valence electrons. The lowest BCUT2D eigenvalue weighted by molar-refractivity contribution is 0.0316. The standard InChI is InChI=1S/C15H23N3O2/c1-15(2,3)20-14(19)18-8-6-11(7-9-18)12-4-5-13(16)17-10-12/h4-6,8,11-12H,7,9-10H2,1-3H3,(H2,16,17). The van der Waals surface area contributed by atoms with Gasteiger partial charge >= 0.3 is 6.09 Å². The molecule has 0 radical (unpaired) electrons. The van der Waals surface area contributed by atoms with Crippen LogP contribution in [0, 0.1) is 11.8 Å². The first-order valence-electron chi connectivity index (χ1n) is 7.01. The van der Waals surface area contributed by atoms with Crippen molar-refractivity contribution in [1.29, 1.82) is 0 Å². The Hall–Kier alpha value is -1.78. The zero-order valence-corrected chi connectivity index (χ0v) is 12.4. The van der Waals surface area contributed by atoms with E-state index in [2.05, 4.69) is 17.1 Å². The van der Waals surface area contributed by atoms with Crippen LogP contribution in [0.1, 0.15) is 27.2 Å². The molecule has 2 heterocycles. The highest BCUT2D eigenvalue weighted by molar-refractivity contribution is 5.91. The molecule has 0 aromatic rings. The van der Waals surface area contributed by atoms with Gasteiger partial charge in [0.25, 0.3) is 0 Å². The minimum Gasteiger partial charge on any atom is -0.443 e. The van der Waals surface area contributed by atoms with Crippen LogP contribution in [-0.2, 0) is 4.74 Å². The molecule has 20 heavy (non-hydrogen) atoms. The number of dihydropyridines is 1. The van der Waals surface area contributed by atoms with E-state index in [0.717, 1.165) is 13.0 Å². The maximum atomic E-state index is 11.9. The monoisotopic (exact) mass is 277 g/mol. The molecule has 0 aromatic carbocycles. The molecule has 5 nitrogen and oxygen atoms in total. The van der Waals surface area contributed by atoms with Crippen LogP contribution in [0.2, 0.25) is 0 Å². The van der Waals surface area contributed by atoms with Gasteiger partial charge < -0.3 is 10.5 Å². The summed E-state index contributed by atoms with van der Waals surface area (Å²) >= 11 is 0. The fourth-order valence-electron chi connectivity index (χ4n) is 2.33. The average molecular weight is 277 g/mol. The summed E-state index contributed by atoms with van der Waals surface area (Å²) in [5, 5.41) is 0. The molecule has 2 aliphatic heterocycles. The summed E-state index contributed by atoms with van der Waals surface area (Å²) in [6.07, 6.45) is 8.51. The average Bonchev–Trinajstić information content (AvgIpc) is 2.38. The molecule has 2 atom stereocenters. The molecule has 1 amide bonds.